The molecule has 0 bridgehead atoms. The van der Waals surface area contributed by atoms with Crippen molar-refractivity contribution in [3.05, 3.63) is 57.5 Å². The van der Waals surface area contributed by atoms with Crippen LogP contribution in [0.2, 0.25) is 5.02 Å². The van der Waals surface area contributed by atoms with Crippen LogP contribution in [-0.4, -0.2) is 6.03 Å². The van der Waals surface area contributed by atoms with Gasteiger partial charge in [0.1, 0.15) is 0 Å². The second kappa shape index (κ2) is 6.77. The summed E-state index contributed by atoms with van der Waals surface area (Å²) in [4.78, 5) is 12.0. The highest BCUT2D eigenvalue weighted by molar-refractivity contribution is 9.10. The standard InChI is InChI=1S/C15H14BrClN2O/c1-2-10-8-11(16)6-7-14(10)19-15(20)18-13-5-3-4-12(17)9-13/h3-9H,2H2,1H3,(H2,18,19,20). The molecule has 0 unspecified atom stereocenters. The monoisotopic (exact) mass is 352 g/mol. The predicted molar refractivity (Wildman–Crippen MR) is 87.6 cm³/mol. The minimum Gasteiger partial charge on any atom is -0.308 e. The van der Waals surface area contributed by atoms with E-state index >= 15 is 0 Å². The summed E-state index contributed by atoms with van der Waals surface area (Å²) in [6.07, 6.45) is 0.840. The first-order valence-electron chi connectivity index (χ1n) is 6.20. The molecule has 0 aliphatic heterocycles. The highest BCUT2D eigenvalue weighted by Crippen LogP contribution is 2.22. The van der Waals surface area contributed by atoms with Crippen molar-refractivity contribution in [1.29, 1.82) is 0 Å². The maximum Gasteiger partial charge on any atom is 0.323 e. The van der Waals surface area contributed by atoms with E-state index < -0.39 is 0 Å². The Labute approximate surface area is 131 Å². The summed E-state index contributed by atoms with van der Waals surface area (Å²) < 4.78 is 0.996. The third-order valence-corrected chi connectivity index (χ3v) is 3.51. The van der Waals surface area contributed by atoms with Crippen molar-refractivity contribution in [2.75, 3.05) is 10.6 Å². The van der Waals surface area contributed by atoms with Gasteiger partial charge in [-0.05, 0) is 48.4 Å². The molecule has 0 aliphatic rings. The zero-order valence-corrected chi connectivity index (χ0v) is 13.3. The fourth-order valence-electron chi connectivity index (χ4n) is 1.83. The van der Waals surface area contributed by atoms with Crippen LogP contribution >= 0.6 is 27.5 Å². The summed E-state index contributed by atoms with van der Waals surface area (Å²) >= 11 is 9.30. The van der Waals surface area contributed by atoms with E-state index in [0.717, 1.165) is 22.1 Å². The van der Waals surface area contributed by atoms with Crippen LogP contribution in [0.3, 0.4) is 0 Å². The van der Waals surface area contributed by atoms with Gasteiger partial charge < -0.3 is 10.6 Å². The molecule has 104 valence electrons. The number of benzene rings is 2. The Balaban J connectivity index is 2.08. The Bertz CT molecular complexity index is 631. The van der Waals surface area contributed by atoms with Gasteiger partial charge in [-0.15, -0.1) is 0 Å². The quantitative estimate of drug-likeness (QED) is 0.771. The van der Waals surface area contributed by atoms with Gasteiger partial charge in [-0.3, -0.25) is 0 Å². The molecule has 5 heteroatoms. The molecule has 0 saturated heterocycles. The van der Waals surface area contributed by atoms with Crippen molar-refractivity contribution in [1.82, 2.24) is 0 Å². The second-order valence-electron chi connectivity index (χ2n) is 4.24. The molecule has 0 saturated carbocycles. The Morgan fingerprint density at radius 1 is 1.20 bits per heavy atom. The van der Waals surface area contributed by atoms with Crippen molar-refractivity contribution in [2.45, 2.75) is 13.3 Å². The van der Waals surface area contributed by atoms with Gasteiger partial charge in [-0.2, -0.15) is 0 Å². The zero-order valence-electron chi connectivity index (χ0n) is 10.9. The van der Waals surface area contributed by atoms with Gasteiger partial charge >= 0.3 is 6.03 Å². The van der Waals surface area contributed by atoms with E-state index in [1.807, 2.05) is 25.1 Å². The molecular weight excluding hydrogens is 340 g/mol. The molecule has 0 aromatic heterocycles. The van der Waals surface area contributed by atoms with Crippen molar-refractivity contribution in [3.8, 4) is 0 Å². The summed E-state index contributed by atoms with van der Waals surface area (Å²) in [5.41, 5.74) is 2.53. The molecule has 2 N–H and O–H groups in total. The van der Waals surface area contributed by atoms with Crippen molar-refractivity contribution < 1.29 is 4.79 Å². The molecule has 3 nitrogen and oxygen atoms in total. The van der Waals surface area contributed by atoms with Gasteiger partial charge in [-0.1, -0.05) is 40.5 Å². The molecule has 2 aromatic rings. The minimum absolute atomic E-state index is 0.288. The Morgan fingerprint density at radius 2 is 2.00 bits per heavy atom. The minimum atomic E-state index is -0.288. The topological polar surface area (TPSA) is 41.1 Å². The van der Waals surface area contributed by atoms with E-state index in [1.54, 1.807) is 24.3 Å². The van der Waals surface area contributed by atoms with Crippen LogP contribution in [0.1, 0.15) is 12.5 Å². The van der Waals surface area contributed by atoms with Crippen LogP contribution in [0.25, 0.3) is 0 Å². The maximum absolute atomic E-state index is 12.0. The van der Waals surface area contributed by atoms with Crippen LogP contribution < -0.4 is 10.6 Å². The van der Waals surface area contributed by atoms with Crippen LogP contribution in [0.5, 0.6) is 0 Å². The highest BCUT2D eigenvalue weighted by atomic mass is 79.9. The second-order valence-corrected chi connectivity index (χ2v) is 5.60. The van der Waals surface area contributed by atoms with E-state index in [2.05, 4.69) is 26.6 Å². The number of urea groups is 1. The van der Waals surface area contributed by atoms with Gasteiger partial charge in [0.05, 0.1) is 0 Å². The maximum atomic E-state index is 12.0. The fraction of sp³-hybridized carbons (Fsp3) is 0.133. The number of carbonyl (C=O) groups is 1. The number of hydrogen-bond donors (Lipinski definition) is 2. The Kier molecular flexibility index (Phi) is 5.04. The van der Waals surface area contributed by atoms with E-state index in [9.17, 15) is 4.79 Å². The normalized spacial score (nSPS) is 10.2. The number of nitrogens with one attached hydrogen (secondary N) is 2. The predicted octanol–water partition coefficient (Wildman–Crippen LogP) is 5.31. The van der Waals surface area contributed by atoms with Gasteiger partial charge in [0.15, 0.2) is 0 Å². The number of amides is 2. The largest absolute Gasteiger partial charge is 0.323 e. The van der Waals surface area contributed by atoms with Gasteiger partial charge in [0.25, 0.3) is 0 Å². The number of hydrogen-bond acceptors (Lipinski definition) is 1. The lowest BCUT2D eigenvalue weighted by molar-refractivity contribution is 0.262. The molecular formula is C15H14BrClN2O. The van der Waals surface area contributed by atoms with Crippen molar-refractivity contribution in [2.24, 2.45) is 0 Å². The molecule has 0 aliphatic carbocycles. The molecule has 0 spiro atoms. The van der Waals surface area contributed by atoms with E-state index in [1.165, 1.54) is 0 Å². The van der Waals surface area contributed by atoms with Crippen LogP contribution in [0, 0.1) is 0 Å². The van der Waals surface area contributed by atoms with E-state index in [4.69, 9.17) is 11.6 Å². The van der Waals surface area contributed by atoms with E-state index in [0.29, 0.717) is 10.7 Å². The van der Waals surface area contributed by atoms with Gasteiger partial charge in [0.2, 0.25) is 0 Å². The molecule has 0 heterocycles. The number of halogens is 2. The number of anilines is 2. The average molecular weight is 354 g/mol. The number of aryl methyl sites for hydroxylation is 1. The summed E-state index contributed by atoms with van der Waals surface area (Å²) in [5.74, 6) is 0. The summed E-state index contributed by atoms with van der Waals surface area (Å²) in [6.45, 7) is 2.04. The van der Waals surface area contributed by atoms with Gasteiger partial charge in [0, 0.05) is 20.9 Å². The molecule has 0 fully saturated rings. The zero-order chi connectivity index (χ0) is 14.5. The number of rotatable bonds is 3. The SMILES string of the molecule is CCc1cc(Br)ccc1NC(=O)Nc1cccc(Cl)c1. The van der Waals surface area contributed by atoms with Crippen LogP contribution in [0.15, 0.2) is 46.9 Å². The molecule has 2 amide bonds. The smallest absolute Gasteiger partial charge is 0.308 e. The molecule has 0 radical (unpaired) electrons. The van der Waals surface area contributed by atoms with Gasteiger partial charge in [-0.25, -0.2) is 4.79 Å². The third-order valence-electron chi connectivity index (χ3n) is 2.78. The first kappa shape index (κ1) is 14.9. The van der Waals surface area contributed by atoms with Crippen LogP contribution in [-0.2, 0) is 6.42 Å². The first-order chi connectivity index (χ1) is 9.58. The van der Waals surface area contributed by atoms with E-state index in [-0.39, 0.29) is 6.03 Å². The first-order valence-corrected chi connectivity index (χ1v) is 7.37. The fourth-order valence-corrected chi connectivity index (χ4v) is 2.43. The lowest BCUT2D eigenvalue weighted by atomic mass is 10.1. The third kappa shape index (κ3) is 3.99. The van der Waals surface area contributed by atoms with Crippen LogP contribution in [0.4, 0.5) is 16.2 Å². The average Bonchev–Trinajstić information content (AvgIpc) is 2.40. The van der Waals surface area contributed by atoms with Crippen molar-refractivity contribution >= 4 is 44.9 Å². The Morgan fingerprint density at radius 3 is 2.70 bits per heavy atom. The molecule has 20 heavy (non-hydrogen) atoms. The molecule has 0 atom stereocenters. The summed E-state index contributed by atoms with van der Waals surface area (Å²) in [6, 6.07) is 12.5. The lowest BCUT2D eigenvalue weighted by Crippen LogP contribution is -2.20. The number of carbonyl (C=O) groups excluding carboxylic acids is 1. The molecule has 2 aromatic carbocycles. The Hall–Kier alpha value is -1.52. The van der Waals surface area contributed by atoms with Crippen molar-refractivity contribution in [3.63, 3.8) is 0 Å². The highest BCUT2D eigenvalue weighted by Gasteiger charge is 2.07. The summed E-state index contributed by atoms with van der Waals surface area (Å²) in [5, 5.41) is 6.18. The molecule has 2 rings (SSSR count). The summed E-state index contributed by atoms with van der Waals surface area (Å²) in [7, 11) is 0. The lowest BCUT2D eigenvalue weighted by Gasteiger charge is -2.11.